The first-order valence-corrected chi connectivity index (χ1v) is 8.80. The van der Waals surface area contributed by atoms with Crippen LogP contribution < -0.4 is 4.90 Å². The minimum Gasteiger partial charge on any atom is -0.326 e. The number of anilines is 1. The Bertz CT molecular complexity index is 794. The Balaban J connectivity index is 1.66. The fraction of sp³-hybridized carbons (Fsp3) is 0.350. The highest BCUT2D eigenvalue weighted by Crippen LogP contribution is 2.33. The van der Waals surface area contributed by atoms with Gasteiger partial charge in [-0.2, -0.15) is 4.99 Å². The molecule has 0 saturated carbocycles. The summed E-state index contributed by atoms with van der Waals surface area (Å²) in [7, 11) is 2.16. The van der Waals surface area contributed by atoms with Crippen LogP contribution in [0.3, 0.4) is 0 Å². The summed E-state index contributed by atoms with van der Waals surface area (Å²) in [5.41, 5.74) is 2.94. The number of nitrogens with zero attached hydrogens (tertiary/aromatic N) is 4. The summed E-state index contributed by atoms with van der Waals surface area (Å²) < 4.78 is 0. The Hall–Kier alpha value is -2.53. The van der Waals surface area contributed by atoms with Crippen LogP contribution in [-0.4, -0.2) is 47.8 Å². The van der Waals surface area contributed by atoms with Crippen molar-refractivity contribution >= 4 is 17.4 Å². The Labute approximate surface area is 148 Å². The molecule has 0 aliphatic carbocycles. The van der Waals surface area contributed by atoms with Crippen molar-refractivity contribution in [2.75, 3.05) is 25.0 Å². The number of aliphatic imine (C=N–C) groups is 1. The van der Waals surface area contributed by atoms with E-state index in [1.807, 2.05) is 48.8 Å². The number of aromatic nitrogens is 1. The Morgan fingerprint density at radius 3 is 2.68 bits per heavy atom. The van der Waals surface area contributed by atoms with Crippen molar-refractivity contribution in [2.24, 2.45) is 4.99 Å². The lowest BCUT2D eigenvalue weighted by Gasteiger charge is -2.36. The van der Waals surface area contributed by atoms with E-state index >= 15 is 0 Å². The van der Waals surface area contributed by atoms with Crippen LogP contribution in [0.5, 0.6) is 0 Å². The summed E-state index contributed by atoms with van der Waals surface area (Å²) in [5.74, 6) is 0.681. The molecule has 128 valence electrons. The number of amidine groups is 1. The van der Waals surface area contributed by atoms with Crippen molar-refractivity contribution in [1.29, 1.82) is 0 Å². The summed E-state index contributed by atoms with van der Waals surface area (Å²) in [6.45, 7) is 2.14. The molecule has 0 spiro atoms. The third-order valence-electron chi connectivity index (χ3n) is 5.07. The van der Waals surface area contributed by atoms with Crippen LogP contribution in [0.2, 0.25) is 0 Å². The number of hydrogen-bond donors (Lipinski definition) is 0. The summed E-state index contributed by atoms with van der Waals surface area (Å²) >= 11 is 0. The topological polar surface area (TPSA) is 48.8 Å². The van der Waals surface area contributed by atoms with E-state index in [4.69, 9.17) is 0 Å². The van der Waals surface area contributed by atoms with Gasteiger partial charge in [0.2, 0.25) is 0 Å². The molecule has 5 nitrogen and oxygen atoms in total. The molecule has 2 aliphatic rings. The molecule has 25 heavy (non-hydrogen) atoms. The second kappa shape index (κ2) is 6.76. The predicted octanol–water partition coefficient (Wildman–Crippen LogP) is 2.78. The average molecular weight is 334 g/mol. The molecule has 1 aromatic heterocycles. The van der Waals surface area contributed by atoms with Crippen LogP contribution >= 0.6 is 0 Å². The zero-order valence-electron chi connectivity index (χ0n) is 14.4. The lowest BCUT2D eigenvalue weighted by Crippen LogP contribution is -2.45. The lowest BCUT2D eigenvalue weighted by atomic mass is 10.0. The Morgan fingerprint density at radius 1 is 1.16 bits per heavy atom. The molecular formula is C20H22N4O. The largest absolute Gasteiger partial charge is 0.326 e. The second-order valence-electron chi connectivity index (χ2n) is 6.78. The lowest BCUT2D eigenvalue weighted by molar-refractivity contribution is 0.100. The third-order valence-corrected chi connectivity index (χ3v) is 5.07. The molecule has 2 aliphatic heterocycles. The van der Waals surface area contributed by atoms with Gasteiger partial charge in [-0.05, 0) is 51.2 Å². The van der Waals surface area contributed by atoms with Crippen molar-refractivity contribution in [1.82, 2.24) is 9.88 Å². The van der Waals surface area contributed by atoms with Crippen LogP contribution in [0.4, 0.5) is 5.69 Å². The summed E-state index contributed by atoms with van der Waals surface area (Å²) in [5, 5.41) is 0. The molecule has 0 atom stereocenters. The molecule has 4 rings (SSSR count). The van der Waals surface area contributed by atoms with E-state index in [9.17, 15) is 4.79 Å². The van der Waals surface area contributed by atoms with Crippen LogP contribution in [0.25, 0.3) is 0 Å². The number of carbonyl (C=O) groups excluding carboxylic acids is 1. The van der Waals surface area contributed by atoms with Gasteiger partial charge in [0, 0.05) is 41.7 Å². The Kier molecular flexibility index (Phi) is 4.32. The first kappa shape index (κ1) is 16.0. The van der Waals surface area contributed by atoms with E-state index in [1.54, 1.807) is 0 Å². The number of amides is 1. The fourth-order valence-corrected chi connectivity index (χ4v) is 3.70. The van der Waals surface area contributed by atoms with Gasteiger partial charge in [0.25, 0.3) is 5.91 Å². The number of pyridine rings is 1. The number of rotatable bonds is 2. The van der Waals surface area contributed by atoms with Gasteiger partial charge in [-0.1, -0.05) is 18.2 Å². The molecular weight excluding hydrogens is 312 g/mol. The zero-order valence-corrected chi connectivity index (χ0v) is 14.4. The van der Waals surface area contributed by atoms with Crippen LogP contribution in [0.1, 0.15) is 28.8 Å². The zero-order chi connectivity index (χ0) is 17.2. The highest BCUT2D eigenvalue weighted by atomic mass is 16.1. The summed E-state index contributed by atoms with van der Waals surface area (Å²) in [4.78, 5) is 26.0. The van der Waals surface area contributed by atoms with Crippen molar-refractivity contribution in [3.63, 3.8) is 0 Å². The van der Waals surface area contributed by atoms with Gasteiger partial charge >= 0.3 is 0 Å². The van der Waals surface area contributed by atoms with Gasteiger partial charge in [-0.3, -0.25) is 9.78 Å². The summed E-state index contributed by atoms with van der Waals surface area (Å²) in [6.07, 6.45) is 6.55. The van der Waals surface area contributed by atoms with E-state index in [0.29, 0.717) is 18.0 Å². The molecule has 0 radical (unpaired) electrons. The molecule has 1 amide bonds. The van der Waals surface area contributed by atoms with E-state index in [2.05, 4.69) is 26.8 Å². The second-order valence-corrected chi connectivity index (χ2v) is 6.78. The normalized spacial score (nSPS) is 20.0. The van der Waals surface area contributed by atoms with E-state index < -0.39 is 0 Å². The summed E-state index contributed by atoms with van der Waals surface area (Å²) in [6, 6.07) is 11.7. The van der Waals surface area contributed by atoms with Gasteiger partial charge in [-0.15, -0.1) is 0 Å². The number of hydrogen-bond acceptors (Lipinski definition) is 3. The van der Waals surface area contributed by atoms with E-state index in [-0.39, 0.29) is 5.91 Å². The predicted molar refractivity (Wildman–Crippen MR) is 99.1 cm³/mol. The smallest absolute Gasteiger partial charge is 0.278 e. The maximum Gasteiger partial charge on any atom is 0.278 e. The quantitative estimate of drug-likeness (QED) is 0.847. The van der Waals surface area contributed by atoms with Crippen molar-refractivity contribution in [3.8, 4) is 0 Å². The molecule has 0 unspecified atom stereocenters. The first-order chi connectivity index (χ1) is 12.2. The van der Waals surface area contributed by atoms with Crippen molar-refractivity contribution in [2.45, 2.75) is 25.3 Å². The maximum absolute atomic E-state index is 12.6. The van der Waals surface area contributed by atoms with Gasteiger partial charge in [0.05, 0.1) is 0 Å². The van der Waals surface area contributed by atoms with Crippen molar-refractivity contribution in [3.05, 3.63) is 59.9 Å². The molecule has 0 bridgehead atoms. The van der Waals surface area contributed by atoms with Gasteiger partial charge < -0.3 is 9.80 Å². The van der Waals surface area contributed by atoms with Gasteiger partial charge in [-0.25, -0.2) is 0 Å². The minimum absolute atomic E-state index is 0.172. The van der Waals surface area contributed by atoms with Gasteiger partial charge in [0.1, 0.15) is 5.84 Å². The van der Waals surface area contributed by atoms with Crippen LogP contribution in [-0.2, 0) is 6.42 Å². The maximum atomic E-state index is 12.6. The molecule has 0 N–H and O–H groups in total. The monoisotopic (exact) mass is 334 g/mol. The first-order valence-electron chi connectivity index (χ1n) is 8.80. The number of fused-ring (bicyclic) bond motifs is 1. The number of piperidine rings is 1. The highest BCUT2D eigenvalue weighted by Gasteiger charge is 2.33. The Morgan fingerprint density at radius 2 is 1.92 bits per heavy atom. The van der Waals surface area contributed by atoms with Crippen molar-refractivity contribution < 1.29 is 4.79 Å². The molecule has 1 saturated heterocycles. The standard InChI is InChI=1S/C20H22N4O/c1-23-11-8-17(9-12-23)24-18-7-10-21-14-16(18)13-19(24)22-20(25)15-5-3-2-4-6-15/h2-7,10,14,17H,8-9,11-13H2,1H3. The number of likely N-dealkylation sites (tertiary alicyclic amines) is 1. The molecule has 5 heteroatoms. The number of carbonyl (C=O) groups is 1. The molecule has 2 aromatic rings. The molecule has 3 heterocycles. The van der Waals surface area contributed by atoms with Gasteiger partial charge in [0.15, 0.2) is 0 Å². The van der Waals surface area contributed by atoms with E-state index in [0.717, 1.165) is 43.0 Å². The number of benzene rings is 1. The molecule has 1 fully saturated rings. The SMILES string of the molecule is CN1CCC(N2C(=NC(=O)c3ccccc3)Cc3cnccc32)CC1. The third kappa shape index (κ3) is 3.20. The minimum atomic E-state index is -0.172. The highest BCUT2D eigenvalue weighted by molar-refractivity contribution is 6.12. The fourth-order valence-electron chi connectivity index (χ4n) is 3.70. The van der Waals surface area contributed by atoms with E-state index in [1.165, 1.54) is 0 Å². The van der Waals surface area contributed by atoms with Crippen LogP contribution in [0, 0.1) is 0 Å². The molecule has 1 aromatic carbocycles. The van der Waals surface area contributed by atoms with Crippen LogP contribution in [0.15, 0.2) is 53.8 Å². The average Bonchev–Trinajstić information content (AvgIpc) is 3.01.